The average molecular weight is 649 g/mol. The van der Waals surface area contributed by atoms with Crippen LogP contribution in [-0.2, 0) is 35.0 Å². The molecule has 0 bridgehead atoms. The van der Waals surface area contributed by atoms with Gasteiger partial charge in [0.15, 0.2) is 22.9 Å². The minimum absolute atomic E-state index is 0.00546. The number of benzene rings is 2. The van der Waals surface area contributed by atoms with Gasteiger partial charge in [-0.05, 0) is 55.2 Å². The van der Waals surface area contributed by atoms with Crippen LogP contribution in [0.15, 0.2) is 47.0 Å². The molecule has 2 aromatic carbocycles. The van der Waals surface area contributed by atoms with Crippen molar-refractivity contribution in [2.24, 2.45) is 0 Å². The average Bonchev–Trinajstić information content (AvgIpc) is 3.54. The first-order valence-electron chi connectivity index (χ1n) is 12.7. The number of ketones is 1. The van der Waals surface area contributed by atoms with Gasteiger partial charge in [-0.2, -0.15) is 26.3 Å². The first kappa shape index (κ1) is 31.0. The molecule has 43 heavy (non-hydrogen) atoms. The van der Waals surface area contributed by atoms with Crippen LogP contribution in [0.3, 0.4) is 0 Å². The third-order valence-corrected chi connectivity index (χ3v) is 7.23. The molecule has 228 valence electrons. The Hall–Kier alpha value is -3.46. The Morgan fingerprint density at radius 3 is 2.35 bits per heavy atom. The van der Waals surface area contributed by atoms with Crippen LogP contribution in [0.2, 0.25) is 10.2 Å². The first-order chi connectivity index (χ1) is 20.3. The van der Waals surface area contributed by atoms with Crippen molar-refractivity contribution in [1.29, 1.82) is 0 Å². The number of halogens is 8. The van der Waals surface area contributed by atoms with Crippen LogP contribution < -0.4 is 0 Å². The van der Waals surface area contributed by atoms with Gasteiger partial charge in [0.25, 0.3) is 0 Å². The second-order valence-electron chi connectivity index (χ2n) is 9.55. The maximum atomic E-state index is 13.8. The lowest BCUT2D eigenvalue weighted by atomic mass is 10.0. The molecule has 1 aliphatic rings. The summed E-state index contributed by atoms with van der Waals surface area (Å²) >= 11 is 12.7. The minimum Gasteiger partial charge on any atom is -0.355 e. The predicted octanol–water partition coefficient (Wildman–Crippen LogP) is 7.60. The molecule has 5 rings (SSSR count). The van der Waals surface area contributed by atoms with E-state index in [1.54, 1.807) is 24.3 Å². The lowest BCUT2D eigenvalue weighted by Crippen LogP contribution is -2.22. The summed E-state index contributed by atoms with van der Waals surface area (Å²) in [4.78, 5) is 13.8. The van der Waals surface area contributed by atoms with Crippen molar-refractivity contribution >= 4 is 29.0 Å². The zero-order valence-electron chi connectivity index (χ0n) is 21.8. The normalized spacial score (nSPS) is 16.0. The summed E-state index contributed by atoms with van der Waals surface area (Å²) < 4.78 is 97.6. The van der Waals surface area contributed by atoms with Crippen molar-refractivity contribution in [1.82, 2.24) is 20.2 Å². The number of ether oxygens (including phenoxy) is 2. The van der Waals surface area contributed by atoms with E-state index in [-0.39, 0.29) is 34.7 Å². The van der Waals surface area contributed by atoms with Gasteiger partial charge in [0.2, 0.25) is 5.78 Å². The van der Waals surface area contributed by atoms with Crippen LogP contribution in [0.5, 0.6) is 0 Å². The summed E-state index contributed by atoms with van der Waals surface area (Å²) in [5.74, 6) is -0.868. The van der Waals surface area contributed by atoms with Gasteiger partial charge in [-0.3, -0.25) is 4.79 Å². The standard InChI is InChI=1S/C27H20Cl2F6N4O4/c28-18-6-2-1-5-17(18)24-21(19(37-43-24)13-42-20-7-3-4-8-41-20)23(40)22-25(29)39(38-36-22)12-14-9-15(26(30,31)32)11-16(10-14)27(33,34)35/h1-2,5-6,9-11,20H,3-4,7-8,12-13H2. The number of carbonyl (C=O) groups excluding carboxylic acids is 1. The Morgan fingerprint density at radius 2 is 1.72 bits per heavy atom. The highest BCUT2D eigenvalue weighted by atomic mass is 35.5. The van der Waals surface area contributed by atoms with Gasteiger partial charge in [0.1, 0.15) is 5.69 Å². The molecule has 0 saturated carbocycles. The lowest BCUT2D eigenvalue weighted by molar-refractivity contribution is -0.169. The third kappa shape index (κ3) is 6.87. The fraction of sp³-hybridized carbons (Fsp3) is 0.333. The molecule has 0 N–H and O–H groups in total. The molecule has 1 aliphatic heterocycles. The highest BCUT2D eigenvalue weighted by Crippen LogP contribution is 2.37. The SMILES string of the molecule is O=C(c1nnn(Cc2cc(C(F)(F)F)cc(C(F)(F)F)c2)c1Cl)c1c(COC2CCCCO2)noc1-c1ccccc1Cl. The van der Waals surface area contributed by atoms with E-state index < -0.39 is 58.5 Å². The van der Waals surface area contributed by atoms with Crippen molar-refractivity contribution in [3.05, 3.63) is 86.3 Å². The summed E-state index contributed by atoms with van der Waals surface area (Å²) in [7, 11) is 0. The molecule has 0 radical (unpaired) electrons. The van der Waals surface area contributed by atoms with E-state index in [4.69, 9.17) is 37.2 Å². The van der Waals surface area contributed by atoms with Crippen molar-refractivity contribution in [3.8, 4) is 11.3 Å². The molecule has 1 fully saturated rings. The Labute approximate surface area is 249 Å². The molecule has 0 amide bonds. The molecule has 1 saturated heterocycles. The molecule has 0 spiro atoms. The van der Waals surface area contributed by atoms with Crippen LogP contribution in [0.25, 0.3) is 11.3 Å². The highest BCUT2D eigenvalue weighted by molar-refractivity contribution is 6.35. The molecular formula is C27H20Cl2F6N4O4. The van der Waals surface area contributed by atoms with E-state index in [1.165, 1.54) is 0 Å². The topological polar surface area (TPSA) is 92.3 Å². The summed E-state index contributed by atoms with van der Waals surface area (Å²) in [6.07, 6.45) is -8.23. The van der Waals surface area contributed by atoms with Gasteiger partial charge < -0.3 is 14.0 Å². The van der Waals surface area contributed by atoms with Gasteiger partial charge in [0, 0.05) is 12.2 Å². The van der Waals surface area contributed by atoms with Crippen LogP contribution in [0, 0.1) is 0 Å². The Morgan fingerprint density at radius 1 is 1.02 bits per heavy atom. The van der Waals surface area contributed by atoms with Crippen LogP contribution in [0.4, 0.5) is 26.3 Å². The number of hydrogen-bond donors (Lipinski definition) is 0. The summed E-state index contributed by atoms with van der Waals surface area (Å²) in [6.45, 7) is -0.340. The van der Waals surface area contributed by atoms with Gasteiger partial charge in [-0.15, -0.1) is 5.10 Å². The van der Waals surface area contributed by atoms with Crippen LogP contribution in [0.1, 0.15) is 57.7 Å². The summed E-state index contributed by atoms with van der Waals surface area (Å²) in [5, 5.41) is 11.3. The van der Waals surface area contributed by atoms with Crippen molar-refractivity contribution in [2.45, 2.75) is 51.1 Å². The largest absolute Gasteiger partial charge is 0.416 e. The van der Waals surface area contributed by atoms with E-state index in [0.717, 1.165) is 17.5 Å². The summed E-state index contributed by atoms with van der Waals surface area (Å²) in [6, 6.07) is 7.53. The number of hydrogen-bond acceptors (Lipinski definition) is 7. The fourth-order valence-electron chi connectivity index (χ4n) is 4.44. The molecule has 0 aliphatic carbocycles. The summed E-state index contributed by atoms with van der Waals surface area (Å²) in [5.41, 5.74) is -3.63. The van der Waals surface area contributed by atoms with Gasteiger partial charge >= 0.3 is 12.4 Å². The molecule has 4 aromatic rings. The van der Waals surface area contributed by atoms with Crippen LogP contribution >= 0.6 is 23.2 Å². The Kier molecular flexibility index (Phi) is 8.84. The quantitative estimate of drug-likeness (QED) is 0.143. The highest BCUT2D eigenvalue weighted by Gasteiger charge is 2.37. The predicted molar refractivity (Wildman–Crippen MR) is 139 cm³/mol. The number of carbonyl (C=O) groups is 1. The Balaban J connectivity index is 1.49. The van der Waals surface area contributed by atoms with Crippen molar-refractivity contribution in [3.63, 3.8) is 0 Å². The monoisotopic (exact) mass is 648 g/mol. The van der Waals surface area contributed by atoms with E-state index >= 15 is 0 Å². The third-order valence-electron chi connectivity index (χ3n) is 6.52. The second-order valence-corrected chi connectivity index (χ2v) is 10.3. The molecule has 3 heterocycles. The minimum atomic E-state index is -5.05. The van der Waals surface area contributed by atoms with Crippen molar-refractivity contribution < 1.29 is 45.1 Å². The smallest absolute Gasteiger partial charge is 0.355 e. The number of aromatic nitrogens is 4. The number of rotatable bonds is 8. The molecule has 1 atom stereocenters. The zero-order valence-corrected chi connectivity index (χ0v) is 23.3. The van der Waals surface area contributed by atoms with E-state index in [1.807, 2.05) is 0 Å². The first-order valence-corrected chi connectivity index (χ1v) is 13.5. The maximum Gasteiger partial charge on any atom is 0.416 e. The van der Waals surface area contributed by atoms with Gasteiger partial charge in [-0.1, -0.05) is 45.7 Å². The van der Waals surface area contributed by atoms with Crippen molar-refractivity contribution in [2.75, 3.05) is 6.61 Å². The van der Waals surface area contributed by atoms with E-state index in [0.29, 0.717) is 30.7 Å². The van der Waals surface area contributed by atoms with E-state index in [2.05, 4.69) is 15.5 Å². The van der Waals surface area contributed by atoms with Gasteiger partial charge in [-0.25, -0.2) is 4.68 Å². The fourth-order valence-corrected chi connectivity index (χ4v) is 4.88. The van der Waals surface area contributed by atoms with E-state index in [9.17, 15) is 31.1 Å². The molecular weight excluding hydrogens is 629 g/mol. The number of nitrogens with zero attached hydrogens (tertiary/aromatic N) is 4. The molecule has 16 heteroatoms. The van der Waals surface area contributed by atoms with Crippen LogP contribution in [-0.4, -0.2) is 38.8 Å². The molecule has 8 nitrogen and oxygen atoms in total. The number of alkyl halides is 6. The molecule has 1 unspecified atom stereocenters. The maximum absolute atomic E-state index is 13.8. The Bertz CT molecular complexity index is 1600. The zero-order chi connectivity index (χ0) is 30.9. The molecule has 2 aromatic heterocycles. The van der Waals surface area contributed by atoms with Gasteiger partial charge in [0.05, 0.1) is 34.9 Å². The second kappa shape index (κ2) is 12.3. The lowest BCUT2D eigenvalue weighted by Gasteiger charge is -2.22.